The topological polar surface area (TPSA) is 59.9 Å². The highest BCUT2D eigenvalue weighted by Gasteiger charge is 2.13. The van der Waals surface area contributed by atoms with Crippen LogP contribution in [0, 0.1) is 0 Å². The lowest BCUT2D eigenvalue weighted by Crippen LogP contribution is -2.17. The highest BCUT2D eigenvalue weighted by molar-refractivity contribution is 9.10. The van der Waals surface area contributed by atoms with E-state index in [1.54, 1.807) is 36.5 Å². The lowest BCUT2D eigenvalue weighted by atomic mass is 10.2. The van der Waals surface area contributed by atoms with Crippen molar-refractivity contribution in [3.8, 4) is 11.5 Å². The molecular formula is C23H20BrClN2O3. The highest BCUT2D eigenvalue weighted by atomic mass is 79.9. The maximum absolute atomic E-state index is 12.1. The Labute approximate surface area is 188 Å². The zero-order valence-corrected chi connectivity index (χ0v) is 18.6. The number of nitrogens with zero attached hydrogens (tertiary/aromatic N) is 1. The van der Waals surface area contributed by atoms with Crippen LogP contribution >= 0.6 is 27.5 Å². The molecule has 0 saturated heterocycles. The molecule has 0 saturated carbocycles. The third-order valence-corrected chi connectivity index (χ3v) is 5.04. The first-order valence-electron chi connectivity index (χ1n) is 9.29. The third kappa shape index (κ3) is 5.84. The van der Waals surface area contributed by atoms with Gasteiger partial charge in [0.15, 0.2) is 11.5 Å². The second kappa shape index (κ2) is 10.8. The van der Waals surface area contributed by atoms with Crippen molar-refractivity contribution < 1.29 is 14.3 Å². The summed E-state index contributed by atoms with van der Waals surface area (Å²) in [6.45, 7) is 2.67. The van der Waals surface area contributed by atoms with E-state index in [0.29, 0.717) is 39.8 Å². The van der Waals surface area contributed by atoms with E-state index in [9.17, 15) is 4.79 Å². The number of carbonyl (C=O) groups excluding carboxylic acids is 1. The lowest BCUT2D eigenvalue weighted by Gasteiger charge is -2.15. The van der Waals surface area contributed by atoms with Gasteiger partial charge in [0, 0.05) is 16.1 Å². The van der Waals surface area contributed by atoms with Gasteiger partial charge in [0.05, 0.1) is 17.3 Å². The van der Waals surface area contributed by atoms with E-state index < -0.39 is 0 Å². The molecule has 0 unspecified atom stereocenters. The quantitative estimate of drug-likeness (QED) is 0.320. The fourth-order valence-corrected chi connectivity index (χ4v) is 3.41. The van der Waals surface area contributed by atoms with Crippen molar-refractivity contribution in [3.05, 3.63) is 92.9 Å². The molecule has 0 aliphatic carbocycles. The number of amides is 1. The summed E-state index contributed by atoms with van der Waals surface area (Å²) in [5.41, 5.74) is 4.67. The summed E-state index contributed by atoms with van der Waals surface area (Å²) in [7, 11) is 0. The van der Waals surface area contributed by atoms with Gasteiger partial charge in [-0.3, -0.25) is 4.79 Å². The zero-order valence-electron chi connectivity index (χ0n) is 16.3. The van der Waals surface area contributed by atoms with E-state index in [4.69, 9.17) is 21.1 Å². The SMILES string of the molecule is CCOc1cc(/C=N\NC(=O)c2ccccc2)cc(Br)c1OCc1ccccc1Cl. The highest BCUT2D eigenvalue weighted by Crippen LogP contribution is 2.37. The maximum Gasteiger partial charge on any atom is 0.271 e. The Hall–Kier alpha value is -2.83. The van der Waals surface area contributed by atoms with E-state index in [-0.39, 0.29) is 5.91 Å². The van der Waals surface area contributed by atoms with E-state index in [0.717, 1.165) is 11.1 Å². The van der Waals surface area contributed by atoms with Gasteiger partial charge in [-0.15, -0.1) is 0 Å². The molecule has 0 bridgehead atoms. The molecule has 3 rings (SSSR count). The molecule has 0 heterocycles. The second-order valence-corrected chi connectivity index (χ2v) is 7.47. The lowest BCUT2D eigenvalue weighted by molar-refractivity contribution is 0.0955. The van der Waals surface area contributed by atoms with Crippen LogP contribution in [0.2, 0.25) is 5.02 Å². The van der Waals surface area contributed by atoms with Crippen molar-refractivity contribution in [2.45, 2.75) is 13.5 Å². The Morgan fingerprint density at radius 1 is 1.10 bits per heavy atom. The van der Waals surface area contributed by atoms with Gasteiger partial charge in [0.1, 0.15) is 6.61 Å². The third-order valence-electron chi connectivity index (χ3n) is 4.08. The molecule has 0 radical (unpaired) electrons. The molecule has 3 aromatic carbocycles. The number of carbonyl (C=O) groups is 1. The minimum atomic E-state index is -0.282. The Morgan fingerprint density at radius 2 is 1.83 bits per heavy atom. The Kier molecular flexibility index (Phi) is 7.88. The standard InChI is InChI=1S/C23H20BrClN2O3/c1-2-29-21-13-16(14-26-27-23(28)17-8-4-3-5-9-17)12-19(24)22(21)30-15-18-10-6-7-11-20(18)25/h3-14H,2,15H2,1H3,(H,27,28)/b26-14-. The van der Waals surface area contributed by atoms with Crippen molar-refractivity contribution in [2.24, 2.45) is 5.10 Å². The number of hydrogen-bond donors (Lipinski definition) is 1. The predicted molar refractivity (Wildman–Crippen MR) is 123 cm³/mol. The first kappa shape index (κ1) is 21.9. The van der Waals surface area contributed by atoms with E-state index in [1.165, 1.54) is 0 Å². The van der Waals surface area contributed by atoms with Crippen molar-refractivity contribution in [2.75, 3.05) is 6.61 Å². The van der Waals surface area contributed by atoms with Crippen LogP contribution in [0.15, 0.2) is 76.3 Å². The van der Waals surface area contributed by atoms with Gasteiger partial charge in [-0.25, -0.2) is 5.43 Å². The molecule has 0 aliphatic rings. The number of nitrogens with one attached hydrogen (secondary N) is 1. The fourth-order valence-electron chi connectivity index (χ4n) is 2.65. The average molecular weight is 488 g/mol. The molecule has 0 aliphatic heterocycles. The minimum Gasteiger partial charge on any atom is -0.490 e. The van der Waals surface area contributed by atoms with Crippen LogP contribution in [0.4, 0.5) is 0 Å². The minimum absolute atomic E-state index is 0.282. The summed E-state index contributed by atoms with van der Waals surface area (Å²) < 4.78 is 12.4. The van der Waals surface area contributed by atoms with Gasteiger partial charge < -0.3 is 9.47 Å². The number of rotatable bonds is 8. The van der Waals surface area contributed by atoms with Gasteiger partial charge in [-0.2, -0.15) is 5.10 Å². The molecule has 3 aromatic rings. The smallest absolute Gasteiger partial charge is 0.271 e. The summed E-state index contributed by atoms with van der Waals surface area (Å²) >= 11 is 9.74. The molecule has 7 heteroatoms. The summed E-state index contributed by atoms with van der Waals surface area (Å²) in [5, 5.41) is 4.68. The number of ether oxygens (including phenoxy) is 2. The van der Waals surface area contributed by atoms with E-state index in [1.807, 2.05) is 43.3 Å². The van der Waals surface area contributed by atoms with Crippen LogP contribution in [0.25, 0.3) is 0 Å². The van der Waals surface area contributed by atoms with E-state index >= 15 is 0 Å². The van der Waals surface area contributed by atoms with Crippen LogP contribution in [0.3, 0.4) is 0 Å². The molecule has 30 heavy (non-hydrogen) atoms. The number of halogens is 2. The molecule has 0 aromatic heterocycles. The molecule has 0 fully saturated rings. The fraction of sp³-hybridized carbons (Fsp3) is 0.130. The Balaban J connectivity index is 1.73. The number of hydrazone groups is 1. The summed E-state index contributed by atoms with van der Waals surface area (Å²) in [6, 6.07) is 20.0. The molecule has 1 amide bonds. The Morgan fingerprint density at radius 3 is 2.57 bits per heavy atom. The number of benzene rings is 3. The normalized spacial score (nSPS) is 10.8. The molecular weight excluding hydrogens is 468 g/mol. The first-order chi connectivity index (χ1) is 14.6. The van der Waals surface area contributed by atoms with Crippen molar-refractivity contribution in [3.63, 3.8) is 0 Å². The predicted octanol–water partition coefficient (Wildman–Crippen LogP) is 5.84. The molecule has 0 spiro atoms. The summed E-state index contributed by atoms with van der Waals surface area (Å²) in [4.78, 5) is 12.1. The van der Waals surface area contributed by atoms with Gasteiger partial charge in [0.2, 0.25) is 0 Å². The van der Waals surface area contributed by atoms with Crippen LogP contribution < -0.4 is 14.9 Å². The second-order valence-electron chi connectivity index (χ2n) is 6.21. The van der Waals surface area contributed by atoms with Crippen molar-refractivity contribution in [1.82, 2.24) is 5.43 Å². The molecule has 0 atom stereocenters. The Bertz CT molecular complexity index is 1040. The van der Waals surface area contributed by atoms with Crippen LogP contribution in [-0.2, 0) is 6.61 Å². The van der Waals surface area contributed by atoms with E-state index in [2.05, 4.69) is 26.5 Å². The molecule has 154 valence electrons. The zero-order chi connectivity index (χ0) is 21.3. The number of hydrogen-bond acceptors (Lipinski definition) is 4. The molecule has 5 nitrogen and oxygen atoms in total. The van der Waals surface area contributed by atoms with Crippen LogP contribution in [0.5, 0.6) is 11.5 Å². The van der Waals surface area contributed by atoms with Crippen LogP contribution in [-0.4, -0.2) is 18.7 Å². The van der Waals surface area contributed by atoms with Gasteiger partial charge in [0.25, 0.3) is 5.91 Å². The summed E-state index contributed by atoms with van der Waals surface area (Å²) in [5.74, 6) is 0.854. The average Bonchev–Trinajstić information content (AvgIpc) is 2.75. The van der Waals surface area contributed by atoms with Gasteiger partial charge >= 0.3 is 0 Å². The first-order valence-corrected chi connectivity index (χ1v) is 10.5. The monoisotopic (exact) mass is 486 g/mol. The van der Waals surface area contributed by atoms with Crippen molar-refractivity contribution >= 4 is 39.7 Å². The molecule has 1 N–H and O–H groups in total. The maximum atomic E-state index is 12.1. The summed E-state index contributed by atoms with van der Waals surface area (Å²) in [6.07, 6.45) is 1.55. The largest absolute Gasteiger partial charge is 0.490 e. The van der Waals surface area contributed by atoms with Crippen molar-refractivity contribution in [1.29, 1.82) is 0 Å². The van der Waals surface area contributed by atoms with Gasteiger partial charge in [-0.1, -0.05) is 48.0 Å². The van der Waals surface area contributed by atoms with Gasteiger partial charge in [-0.05, 0) is 58.7 Å². The van der Waals surface area contributed by atoms with Crippen LogP contribution in [0.1, 0.15) is 28.4 Å².